The maximum absolute atomic E-state index is 11.8. The molecule has 5 aromatic heterocycles. The molecule has 366 valence electrons. The number of pyridine rings is 2. The van der Waals surface area contributed by atoms with Crippen molar-refractivity contribution in [1.82, 2.24) is 39.0 Å². The number of fused-ring (bicyclic) bond motifs is 2. The van der Waals surface area contributed by atoms with Crippen molar-refractivity contribution in [3.63, 3.8) is 0 Å². The number of benzene rings is 4. The van der Waals surface area contributed by atoms with Crippen molar-refractivity contribution in [3.05, 3.63) is 132 Å². The van der Waals surface area contributed by atoms with Gasteiger partial charge in [-0.2, -0.15) is 0 Å². The van der Waals surface area contributed by atoms with E-state index in [0.29, 0.717) is 45.6 Å². The first-order valence-electron chi connectivity index (χ1n) is 23.2. The van der Waals surface area contributed by atoms with E-state index in [2.05, 4.69) is 119 Å². The molecule has 0 aliphatic heterocycles. The Morgan fingerprint density at radius 1 is 0.429 bits per heavy atom. The van der Waals surface area contributed by atoms with Crippen molar-refractivity contribution in [2.45, 2.75) is 105 Å². The molecule has 0 spiro atoms. The molecule has 10 nitrogen and oxygen atoms in total. The van der Waals surface area contributed by atoms with Crippen LogP contribution in [0.15, 0.2) is 97.3 Å². The zero-order chi connectivity index (χ0) is 48.8. The first kappa shape index (κ1) is 52.0. The van der Waals surface area contributed by atoms with Gasteiger partial charge in [-0.3, -0.25) is 19.9 Å². The Hall–Kier alpha value is -5.82. The second-order valence-electron chi connectivity index (χ2n) is 22.1. The molecule has 0 saturated carbocycles. The van der Waals surface area contributed by atoms with Crippen molar-refractivity contribution >= 4 is 22.1 Å². The summed E-state index contributed by atoms with van der Waals surface area (Å²) < 4.78 is 4.09. The van der Waals surface area contributed by atoms with E-state index < -0.39 is 0 Å². The van der Waals surface area contributed by atoms with Crippen LogP contribution in [-0.2, 0) is 77.9 Å². The van der Waals surface area contributed by atoms with Gasteiger partial charge in [0, 0.05) is 101 Å². The Balaban J connectivity index is 0.00000361. The minimum absolute atomic E-state index is 0. The quantitative estimate of drug-likeness (QED) is 0.158. The average molecular weight is 1290 g/mol. The number of para-hydroxylation sites is 2. The molecule has 0 radical (unpaired) electrons. The van der Waals surface area contributed by atoms with Crippen molar-refractivity contribution in [1.29, 1.82) is 0 Å². The number of aromatic hydroxyl groups is 2. The standard InChI is InChI=1S/C58H60N8O2.2Pt/c1-55(2,3)45-29-39(49(67)51(61-45)57(7,8)9)53-63-47-37(23-17-25-43(47)65(53)13)33-19-15-21-35(27-33)41-31-42(60-32-59-41)36-22-16-20-34(28-36)38-24-18-26-44-48(38)64-54(66(44)14)40-30-46(56(4,5)6)62-52(50(40)68)58(10,11)12;;/h15-26,29-32,67-68H,1-14H3;;/q-2;;. The van der Waals surface area contributed by atoms with Crippen molar-refractivity contribution in [3.8, 4) is 79.0 Å². The fourth-order valence-corrected chi connectivity index (χ4v) is 8.78. The van der Waals surface area contributed by atoms with Crippen LogP contribution in [0.25, 0.3) is 89.6 Å². The molecule has 0 aliphatic rings. The molecule has 9 rings (SSSR count). The first-order chi connectivity index (χ1) is 31.9. The summed E-state index contributed by atoms with van der Waals surface area (Å²) in [7, 11) is 3.98. The van der Waals surface area contributed by atoms with Crippen LogP contribution in [0.1, 0.15) is 106 Å². The van der Waals surface area contributed by atoms with E-state index in [-0.39, 0.29) is 75.3 Å². The summed E-state index contributed by atoms with van der Waals surface area (Å²) in [4.78, 5) is 29.8. The van der Waals surface area contributed by atoms with Gasteiger partial charge in [0.15, 0.2) is 0 Å². The molecule has 0 fully saturated rings. The van der Waals surface area contributed by atoms with Gasteiger partial charge in [-0.1, -0.05) is 136 Å². The molecular weight excluding hydrogens is 1230 g/mol. The van der Waals surface area contributed by atoms with Gasteiger partial charge in [0.1, 0.15) is 23.1 Å². The van der Waals surface area contributed by atoms with Gasteiger partial charge < -0.3 is 19.3 Å². The molecule has 12 heteroatoms. The molecule has 0 saturated heterocycles. The number of nitrogens with zero attached hydrogens (tertiary/aromatic N) is 8. The Labute approximate surface area is 440 Å². The van der Waals surface area contributed by atoms with E-state index in [1.165, 1.54) is 0 Å². The molecular formula is C58H60N8O2Pt2-2. The molecule has 9 aromatic rings. The second-order valence-corrected chi connectivity index (χ2v) is 22.1. The zero-order valence-electron chi connectivity index (χ0n) is 42.3. The first-order valence-corrected chi connectivity index (χ1v) is 23.2. The third kappa shape index (κ3) is 9.54. The van der Waals surface area contributed by atoms with E-state index in [4.69, 9.17) is 29.9 Å². The van der Waals surface area contributed by atoms with Gasteiger partial charge in [0.25, 0.3) is 0 Å². The molecule has 0 aliphatic carbocycles. The zero-order valence-corrected chi connectivity index (χ0v) is 46.9. The number of aryl methyl sites for hydroxylation is 2. The largest absolute Gasteiger partial charge is 0.505 e. The second kappa shape index (κ2) is 18.7. The number of hydrogen-bond donors (Lipinski definition) is 2. The summed E-state index contributed by atoms with van der Waals surface area (Å²) >= 11 is 0. The summed E-state index contributed by atoms with van der Waals surface area (Å²) in [6.45, 7) is 25.2. The van der Waals surface area contributed by atoms with Crippen molar-refractivity contribution < 1.29 is 52.3 Å². The Morgan fingerprint density at radius 2 is 0.786 bits per heavy atom. The molecule has 0 atom stereocenters. The van der Waals surface area contributed by atoms with E-state index in [1.807, 2.05) is 90.0 Å². The van der Waals surface area contributed by atoms with Crippen LogP contribution in [0.3, 0.4) is 0 Å². The molecule has 0 bridgehead atoms. The topological polar surface area (TPSA) is 128 Å². The fraction of sp³-hybridized carbons (Fsp3) is 0.310. The Bertz CT molecular complexity index is 3230. The normalized spacial score (nSPS) is 12.3. The van der Waals surface area contributed by atoms with E-state index >= 15 is 0 Å². The Kier molecular flexibility index (Phi) is 13.9. The maximum atomic E-state index is 11.8. The smallest absolute Gasteiger partial charge is 0.148 e. The fourth-order valence-electron chi connectivity index (χ4n) is 8.78. The molecule has 70 heavy (non-hydrogen) atoms. The van der Waals surface area contributed by atoms with Gasteiger partial charge in [0.2, 0.25) is 0 Å². The predicted octanol–water partition coefficient (Wildman–Crippen LogP) is 13.2. The van der Waals surface area contributed by atoms with Crippen LogP contribution in [0.4, 0.5) is 0 Å². The summed E-state index contributed by atoms with van der Waals surface area (Å²) in [6.07, 6.45) is 1.58. The van der Waals surface area contributed by atoms with Crippen LogP contribution >= 0.6 is 0 Å². The van der Waals surface area contributed by atoms with Crippen LogP contribution in [0.5, 0.6) is 11.5 Å². The van der Waals surface area contributed by atoms with E-state index in [9.17, 15) is 10.2 Å². The van der Waals surface area contributed by atoms with E-state index in [1.54, 1.807) is 6.33 Å². The van der Waals surface area contributed by atoms with Crippen LogP contribution in [0, 0.1) is 12.1 Å². The van der Waals surface area contributed by atoms with Crippen molar-refractivity contribution in [2.75, 3.05) is 0 Å². The number of aromatic nitrogens is 8. The maximum Gasteiger partial charge on any atom is 0.148 e. The minimum Gasteiger partial charge on any atom is -0.505 e. The molecule has 2 N–H and O–H groups in total. The molecule has 0 unspecified atom stereocenters. The average Bonchev–Trinajstić information content (AvgIpc) is 3.80. The SMILES string of the molecule is Cn1c(-c2cc(C(C)(C)C)nc(C(C)(C)C)c2O)nc2c(-c3[c-]c(-c4cc(-c5[c-]c(-c6cccc7c6nc(-c6cc(C(C)(C)C)nc(C(C)(C)C)c6O)n7C)ccc5)ncn4)ccc3)cccc21.[Pt].[Pt]. The summed E-state index contributed by atoms with van der Waals surface area (Å²) in [5, 5.41) is 23.5. The summed E-state index contributed by atoms with van der Waals surface area (Å²) in [5.74, 6) is 1.62. The Morgan fingerprint density at radius 3 is 1.14 bits per heavy atom. The van der Waals surface area contributed by atoms with Crippen LogP contribution < -0.4 is 0 Å². The van der Waals surface area contributed by atoms with Crippen molar-refractivity contribution in [2.24, 2.45) is 14.1 Å². The third-order valence-corrected chi connectivity index (χ3v) is 12.6. The van der Waals surface area contributed by atoms with Crippen LogP contribution in [-0.4, -0.2) is 49.3 Å². The van der Waals surface area contributed by atoms with Gasteiger partial charge in [-0.05, 0) is 24.3 Å². The van der Waals surface area contributed by atoms with Gasteiger partial charge in [-0.25, -0.2) is 9.97 Å². The van der Waals surface area contributed by atoms with Gasteiger partial charge in [0.05, 0.1) is 50.9 Å². The summed E-state index contributed by atoms with van der Waals surface area (Å²) in [5.41, 5.74) is 13.2. The van der Waals surface area contributed by atoms with Gasteiger partial charge >= 0.3 is 0 Å². The van der Waals surface area contributed by atoms with E-state index in [0.717, 1.165) is 66.8 Å². The molecule has 5 heterocycles. The third-order valence-electron chi connectivity index (χ3n) is 12.6. The van der Waals surface area contributed by atoms with Crippen LogP contribution in [0.2, 0.25) is 0 Å². The number of imidazole rings is 2. The molecule has 4 aromatic carbocycles. The number of hydrogen-bond acceptors (Lipinski definition) is 8. The summed E-state index contributed by atoms with van der Waals surface area (Å²) in [6, 6.07) is 37.6. The minimum atomic E-state index is -0.381. The number of rotatable bonds is 6. The van der Waals surface area contributed by atoms with Gasteiger partial charge in [-0.15, -0.1) is 59.7 Å². The molecule has 0 amide bonds. The monoisotopic (exact) mass is 1290 g/mol. The predicted molar refractivity (Wildman–Crippen MR) is 275 cm³/mol.